The first kappa shape index (κ1) is 14.1. The van der Waals surface area contributed by atoms with E-state index in [1.807, 2.05) is 11.9 Å². The van der Waals surface area contributed by atoms with Crippen molar-refractivity contribution in [2.75, 3.05) is 25.1 Å². The summed E-state index contributed by atoms with van der Waals surface area (Å²) >= 11 is 1.73. The predicted molar refractivity (Wildman–Crippen MR) is 70.3 cm³/mol. The van der Waals surface area contributed by atoms with Crippen LogP contribution in [0.2, 0.25) is 0 Å². The Morgan fingerprint density at radius 1 is 1.30 bits per heavy atom. The minimum Gasteiger partial charge on any atom is -0.307 e. The number of fused-ring (bicyclic) bond motifs is 1. The molecular weight excluding hydrogens is 289 g/mol. The van der Waals surface area contributed by atoms with Crippen LogP contribution in [0.25, 0.3) is 0 Å². The Hall–Kier alpha value is -0.860. The molecule has 20 heavy (non-hydrogen) atoms. The summed E-state index contributed by atoms with van der Waals surface area (Å²) in [5.74, 6) is 2.03. The van der Waals surface area contributed by atoms with Crippen LogP contribution in [-0.4, -0.2) is 40.0 Å². The number of rotatable bonds is 1. The largest absolute Gasteiger partial charge is 0.433 e. The van der Waals surface area contributed by atoms with Crippen molar-refractivity contribution in [1.82, 2.24) is 20.2 Å². The molecule has 8 heteroatoms. The monoisotopic (exact) mass is 304 g/mol. The molecule has 1 unspecified atom stereocenters. The lowest BCUT2D eigenvalue weighted by molar-refractivity contribution is -0.142. The van der Waals surface area contributed by atoms with E-state index in [1.165, 1.54) is 0 Å². The summed E-state index contributed by atoms with van der Waals surface area (Å²) in [6, 6.07) is -0.138. The quantitative estimate of drug-likeness (QED) is 0.857. The van der Waals surface area contributed by atoms with Gasteiger partial charge in [-0.2, -0.15) is 24.9 Å². The fourth-order valence-electron chi connectivity index (χ4n) is 2.53. The summed E-state index contributed by atoms with van der Waals surface area (Å²) in [6.45, 7) is 1.42. The molecular formula is C12H15F3N4S. The number of aromatic nitrogens is 2. The Morgan fingerprint density at radius 3 is 2.80 bits per heavy atom. The van der Waals surface area contributed by atoms with Crippen LogP contribution in [-0.2, 0) is 19.3 Å². The second-order valence-corrected chi connectivity index (χ2v) is 6.18. The molecule has 1 saturated heterocycles. The number of thioether (sulfide) groups is 1. The van der Waals surface area contributed by atoms with Gasteiger partial charge in [0, 0.05) is 36.7 Å². The van der Waals surface area contributed by atoms with Crippen molar-refractivity contribution in [3.05, 3.63) is 22.8 Å². The maximum absolute atomic E-state index is 13.2. The van der Waals surface area contributed by atoms with Crippen LogP contribution in [0.3, 0.4) is 0 Å². The molecule has 0 aromatic carbocycles. The highest BCUT2D eigenvalue weighted by Gasteiger charge is 2.39. The van der Waals surface area contributed by atoms with Gasteiger partial charge in [-0.15, -0.1) is 0 Å². The van der Waals surface area contributed by atoms with Gasteiger partial charge in [0.2, 0.25) is 0 Å². The smallest absolute Gasteiger partial charge is 0.307 e. The lowest BCUT2D eigenvalue weighted by Crippen LogP contribution is -2.34. The summed E-state index contributed by atoms with van der Waals surface area (Å²) in [5.41, 5.74) is -0.0786. The Balaban J connectivity index is 2.04. The zero-order chi connectivity index (χ0) is 14.3. The van der Waals surface area contributed by atoms with Crippen molar-refractivity contribution in [1.29, 1.82) is 0 Å². The molecule has 1 fully saturated rings. The molecule has 2 aliphatic heterocycles. The fraction of sp³-hybridized carbons (Fsp3) is 0.667. The number of halogens is 3. The minimum absolute atomic E-state index is 0.138. The molecule has 0 aliphatic carbocycles. The fourth-order valence-corrected chi connectivity index (χ4v) is 3.74. The minimum atomic E-state index is -4.42. The van der Waals surface area contributed by atoms with Crippen LogP contribution in [0, 0.1) is 0 Å². The van der Waals surface area contributed by atoms with Crippen LogP contribution in [0.1, 0.15) is 28.8 Å². The molecule has 1 aromatic heterocycles. The van der Waals surface area contributed by atoms with E-state index in [0.717, 1.165) is 18.1 Å². The third kappa shape index (κ3) is 2.51. The van der Waals surface area contributed by atoms with Gasteiger partial charge in [0.25, 0.3) is 0 Å². The second kappa shape index (κ2) is 5.16. The zero-order valence-corrected chi connectivity index (χ0v) is 11.8. The molecule has 1 N–H and O–H groups in total. The SMILES string of the molecule is CN1CCSCC1c1nc2c(c(C(F)(F)F)n1)CNC2. The van der Waals surface area contributed by atoms with Gasteiger partial charge >= 0.3 is 6.18 Å². The van der Waals surface area contributed by atoms with Gasteiger partial charge in [-0.25, -0.2) is 9.97 Å². The van der Waals surface area contributed by atoms with Crippen LogP contribution in [0.4, 0.5) is 13.2 Å². The van der Waals surface area contributed by atoms with E-state index >= 15 is 0 Å². The molecule has 0 amide bonds. The highest BCUT2D eigenvalue weighted by molar-refractivity contribution is 7.99. The third-order valence-electron chi connectivity index (χ3n) is 3.67. The molecule has 0 bridgehead atoms. The molecule has 0 saturated carbocycles. The topological polar surface area (TPSA) is 41.1 Å². The predicted octanol–water partition coefficient (Wildman–Crippen LogP) is 1.82. The maximum Gasteiger partial charge on any atom is 0.433 e. The Morgan fingerprint density at radius 2 is 2.10 bits per heavy atom. The van der Waals surface area contributed by atoms with Crippen LogP contribution < -0.4 is 5.32 Å². The third-order valence-corrected chi connectivity index (χ3v) is 4.69. The number of hydrogen-bond donors (Lipinski definition) is 1. The Kier molecular flexibility index (Phi) is 3.64. The Bertz CT molecular complexity index is 520. The lowest BCUT2D eigenvalue weighted by atomic mass is 10.1. The average Bonchev–Trinajstić information content (AvgIpc) is 2.85. The number of hydrogen-bond acceptors (Lipinski definition) is 5. The molecule has 2 aliphatic rings. The van der Waals surface area contributed by atoms with Crippen molar-refractivity contribution < 1.29 is 13.2 Å². The summed E-state index contributed by atoms with van der Waals surface area (Å²) < 4.78 is 39.5. The number of alkyl halides is 3. The number of nitrogens with one attached hydrogen (secondary N) is 1. The summed E-state index contributed by atoms with van der Waals surface area (Å²) in [4.78, 5) is 10.3. The normalized spacial score (nSPS) is 23.9. The first-order valence-electron chi connectivity index (χ1n) is 6.42. The van der Waals surface area contributed by atoms with Crippen molar-refractivity contribution in [3.63, 3.8) is 0 Å². The molecule has 1 atom stereocenters. The first-order valence-corrected chi connectivity index (χ1v) is 7.58. The molecule has 110 valence electrons. The van der Waals surface area contributed by atoms with E-state index in [0.29, 0.717) is 18.1 Å². The molecule has 0 radical (unpaired) electrons. The standard InChI is InChI=1S/C12H15F3N4S/c1-19-2-3-20-6-9(19)11-17-8-5-16-4-7(8)10(18-11)12(13,14)15/h9,16H,2-6H2,1H3. The van der Waals surface area contributed by atoms with E-state index in [2.05, 4.69) is 15.3 Å². The Labute approximate surface area is 119 Å². The van der Waals surface area contributed by atoms with Gasteiger partial charge in [-0.1, -0.05) is 0 Å². The van der Waals surface area contributed by atoms with Crippen LogP contribution in [0.5, 0.6) is 0 Å². The summed E-state index contributed by atoms with van der Waals surface area (Å²) in [6.07, 6.45) is -4.42. The van der Waals surface area contributed by atoms with Gasteiger partial charge in [0.15, 0.2) is 5.69 Å². The first-order chi connectivity index (χ1) is 9.47. The average molecular weight is 304 g/mol. The van der Waals surface area contributed by atoms with Crippen molar-refractivity contribution in [2.45, 2.75) is 25.3 Å². The van der Waals surface area contributed by atoms with Gasteiger partial charge < -0.3 is 5.32 Å². The van der Waals surface area contributed by atoms with E-state index in [4.69, 9.17) is 0 Å². The second-order valence-electron chi connectivity index (χ2n) is 5.03. The van der Waals surface area contributed by atoms with Gasteiger partial charge in [-0.05, 0) is 7.05 Å². The van der Waals surface area contributed by atoms with Crippen LogP contribution >= 0.6 is 11.8 Å². The highest BCUT2D eigenvalue weighted by Crippen LogP contribution is 2.35. The van der Waals surface area contributed by atoms with Crippen molar-refractivity contribution in [3.8, 4) is 0 Å². The number of nitrogens with zero attached hydrogens (tertiary/aromatic N) is 3. The van der Waals surface area contributed by atoms with Crippen molar-refractivity contribution >= 4 is 11.8 Å². The van der Waals surface area contributed by atoms with E-state index in [-0.39, 0.29) is 18.2 Å². The maximum atomic E-state index is 13.2. The van der Waals surface area contributed by atoms with Gasteiger partial charge in [0.05, 0.1) is 11.7 Å². The summed E-state index contributed by atoms with van der Waals surface area (Å²) in [7, 11) is 1.91. The van der Waals surface area contributed by atoms with E-state index in [9.17, 15) is 13.2 Å². The van der Waals surface area contributed by atoms with E-state index in [1.54, 1.807) is 11.8 Å². The van der Waals surface area contributed by atoms with Crippen molar-refractivity contribution in [2.24, 2.45) is 0 Å². The van der Waals surface area contributed by atoms with Crippen LogP contribution in [0.15, 0.2) is 0 Å². The van der Waals surface area contributed by atoms with Gasteiger partial charge in [0.1, 0.15) is 5.82 Å². The molecule has 4 nitrogen and oxygen atoms in total. The molecule has 1 aromatic rings. The highest BCUT2D eigenvalue weighted by atomic mass is 32.2. The molecule has 3 rings (SSSR count). The molecule has 0 spiro atoms. The molecule has 3 heterocycles. The lowest BCUT2D eigenvalue weighted by Gasteiger charge is -2.31. The van der Waals surface area contributed by atoms with Gasteiger partial charge in [-0.3, -0.25) is 4.90 Å². The zero-order valence-electron chi connectivity index (χ0n) is 11.0. The van der Waals surface area contributed by atoms with E-state index < -0.39 is 11.9 Å². The summed E-state index contributed by atoms with van der Waals surface area (Å²) in [5, 5.41) is 2.92.